The Labute approximate surface area is 169 Å². The lowest BCUT2D eigenvalue weighted by atomic mass is 9.96. The van der Waals surface area contributed by atoms with E-state index in [1.54, 1.807) is 0 Å². The van der Waals surface area contributed by atoms with Crippen molar-refractivity contribution in [3.63, 3.8) is 0 Å². The lowest BCUT2D eigenvalue weighted by Crippen LogP contribution is -2.42. The van der Waals surface area contributed by atoms with Crippen molar-refractivity contribution in [1.82, 2.24) is 4.98 Å². The molecule has 0 radical (unpaired) electrons. The molecule has 1 aromatic carbocycles. The number of alkyl halides is 3. The molecule has 3 rings (SSSR count). The van der Waals surface area contributed by atoms with Crippen molar-refractivity contribution < 1.29 is 27.6 Å². The van der Waals surface area contributed by atoms with Crippen LogP contribution in [-0.2, 0) is 11.0 Å². The number of rotatable bonds is 5. The topological polar surface area (TPSA) is 97.6 Å². The summed E-state index contributed by atoms with van der Waals surface area (Å²) in [5.41, 5.74) is -0.950. The van der Waals surface area contributed by atoms with Crippen molar-refractivity contribution in [3.8, 4) is 5.75 Å². The second-order valence-corrected chi connectivity index (χ2v) is 6.79. The third-order valence-electron chi connectivity index (χ3n) is 4.84. The van der Waals surface area contributed by atoms with Crippen molar-refractivity contribution in [1.29, 1.82) is 0 Å². The average Bonchev–Trinajstić information content (AvgIpc) is 2.73. The van der Waals surface area contributed by atoms with Crippen LogP contribution in [0.25, 0.3) is 0 Å². The molecule has 1 fully saturated rings. The zero-order valence-corrected chi connectivity index (χ0v) is 16.0. The molecule has 0 saturated carbocycles. The van der Waals surface area contributed by atoms with E-state index in [1.807, 2.05) is 0 Å². The lowest BCUT2D eigenvalue weighted by molar-refractivity contribution is -0.384. The monoisotopic (exact) mass is 424 g/mol. The van der Waals surface area contributed by atoms with Crippen LogP contribution in [0.3, 0.4) is 0 Å². The number of nitrogens with one attached hydrogen (secondary N) is 1. The minimum atomic E-state index is -4.56. The summed E-state index contributed by atoms with van der Waals surface area (Å²) in [5, 5.41) is 13.6. The number of hydrogen-bond donors (Lipinski definition) is 1. The van der Waals surface area contributed by atoms with E-state index in [4.69, 9.17) is 4.74 Å². The fraction of sp³-hybridized carbons (Fsp3) is 0.368. The number of nitro benzene ring substituents is 1. The molecule has 1 aromatic heterocycles. The van der Waals surface area contributed by atoms with E-state index in [1.165, 1.54) is 42.5 Å². The Balaban J connectivity index is 1.79. The van der Waals surface area contributed by atoms with Gasteiger partial charge in [-0.1, -0.05) is 0 Å². The SMILES string of the molecule is COc1ccc([N+](=O)[O-])cc1NC(=O)C1CCCN(c2ncccc2C(F)(F)F)C1. The number of nitrogens with zero attached hydrogens (tertiary/aromatic N) is 3. The lowest BCUT2D eigenvalue weighted by Gasteiger charge is -2.34. The highest BCUT2D eigenvalue weighted by Crippen LogP contribution is 2.37. The van der Waals surface area contributed by atoms with E-state index in [-0.39, 0.29) is 29.5 Å². The summed E-state index contributed by atoms with van der Waals surface area (Å²) >= 11 is 0. The number of piperidine rings is 1. The molecule has 1 saturated heterocycles. The minimum absolute atomic E-state index is 0.0448. The Kier molecular flexibility index (Phi) is 6.09. The predicted octanol–water partition coefficient (Wildman–Crippen LogP) is 3.87. The molecular weight excluding hydrogens is 405 g/mol. The number of non-ortho nitro benzene ring substituents is 1. The first-order valence-electron chi connectivity index (χ1n) is 9.11. The van der Waals surface area contributed by atoms with Gasteiger partial charge in [0.05, 0.1) is 29.2 Å². The number of halogens is 3. The highest BCUT2D eigenvalue weighted by Gasteiger charge is 2.37. The molecule has 0 aliphatic carbocycles. The number of carbonyl (C=O) groups excluding carboxylic acids is 1. The van der Waals surface area contributed by atoms with Gasteiger partial charge in [-0.2, -0.15) is 13.2 Å². The van der Waals surface area contributed by atoms with Crippen LogP contribution in [0.15, 0.2) is 36.5 Å². The number of anilines is 2. The van der Waals surface area contributed by atoms with E-state index in [0.717, 1.165) is 6.07 Å². The first-order chi connectivity index (χ1) is 14.2. The second-order valence-electron chi connectivity index (χ2n) is 6.79. The molecule has 11 heteroatoms. The van der Waals surface area contributed by atoms with Crippen LogP contribution >= 0.6 is 0 Å². The quantitative estimate of drug-likeness (QED) is 0.578. The molecule has 30 heavy (non-hydrogen) atoms. The summed E-state index contributed by atoms with van der Waals surface area (Å²) in [5.74, 6) is -1.05. The Bertz CT molecular complexity index is 952. The molecule has 0 spiro atoms. The maximum atomic E-state index is 13.3. The van der Waals surface area contributed by atoms with Crippen molar-refractivity contribution in [2.45, 2.75) is 19.0 Å². The van der Waals surface area contributed by atoms with E-state index in [9.17, 15) is 28.1 Å². The zero-order valence-electron chi connectivity index (χ0n) is 16.0. The van der Waals surface area contributed by atoms with Crippen LogP contribution in [0, 0.1) is 16.0 Å². The van der Waals surface area contributed by atoms with Gasteiger partial charge in [-0.3, -0.25) is 14.9 Å². The van der Waals surface area contributed by atoms with Gasteiger partial charge in [0.25, 0.3) is 5.69 Å². The van der Waals surface area contributed by atoms with Crippen LogP contribution in [-0.4, -0.2) is 36.0 Å². The van der Waals surface area contributed by atoms with Gasteiger partial charge in [-0.05, 0) is 31.0 Å². The molecule has 1 aliphatic rings. The molecule has 1 aliphatic heterocycles. The molecule has 160 valence electrons. The van der Waals surface area contributed by atoms with Crippen molar-refractivity contribution in [3.05, 3.63) is 52.2 Å². The van der Waals surface area contributed by atoms with Gasteiger partial charge < -0.3 is 15.0 Å². The number of benzene rings is 1. The Morgan fingerprint density at radius 1 is 1.37 bits per heavy atom. The summed E-state index contributed by atoms with van der Waals surface area (Å²) < 4.78 is 45.1. The molecular formula is C19H19F3N4O4. The highest BCUT2D eigenvalue weighted by atomic mass is 19.4. The zero-order chi connectivity index (χ0) is 21.9. The van der Waals surface area contributed by atoms with Crippen LogP contribution in [0.4, 0.5) is 30.4 Å². The predicted molar refractivity (Wildman–Crippen MR) is 102 cm³/mol. The van der Waals surface area contributed by atoms with Gasteiger partial charge in [0.15, 0.2) is 0 Å². The fourth-order valence-electron chi connectivity index (χ4n) is 3.40. The van der Waals surface area contributed by atoms with E-state index < -0.39 is 28.5 Å². The van der Waals surface area contributed by atoms with Crippen molar-refractivity contribution in [2.75, 3.05) is 30.4 Å². The summed E-state index contributed by atoms with van der Waals surface area (Å²) in [4.78, 5) is 28.5. The smallest absolute Gasteiger partial charge is 0.419 e. The number of aromatic nitrogens is 1. The summed E-state index contributed by atoms with van der Waals surface area (Å²) in [7, 11) is 1.36. The molecule has 1 unspecified atom stereocenters. The number of amides is 1. The second kappa shape index (κ2) is 8.56. The normalized spacial score (nSPS) is 16.8. The number of carbonyl (C=O) groups is 1. The standard InChI is InChI=1S/C19H19F3N4O4/c1-30-16-7-6-13(26(28)29)10-15(16)24-18(27)12-4-3-9-25(11-12)17-14(19(20,21)22)5-2-8-23-17/h2,5-8,10,12H,3-4,9,11H2,1H3,(H,24,27). The van der Waals surface area contributed by atoms with Gasteiger partial charge in [0.2, 0.25) is 5.91 Å². The highest BCUT2D eigenvalue weighted by molar-refractivity contribution is 5.94. The first kappa shape index (κ1) is 21.3. The Hall–Kier alpha value is -3.37. The molecule has 2 heterocycles. The molecule has 1 N–H and O–H groups in total. The molecule has 8 nitrogen and oxygen atoms in total. The van der Waals surface area contributed by atoms with E-state index in [0.29, 0.717) is 19.4 Å². The fourth-order valence-corrected chi connectivity index (χ4v) is 3.40. The number of nitro groups is 1. The third-order valence-corrected chi connectivity index (χ3v) is 4.84. The van der Waals surface area contributed by atoms with Gasteiger partial charge in [-0.25, -0.2) is 4.98 Å². The van der Waals surface area contributed by atoms with Crippen LogP contribution in [0.5, 0.6) is 5.75 Å². The van der Waals surface area contributed by atoms with Gasteiger partial charge >= 0.3 is 6.18 Å². The number of pyridine rings is 1. The molecule has 1 amide bonds. The van der Waals surface area contributed by atoms with Crippen LogP contribution in [0.2, 0.25) is 0 Å². The van der Waals surface area contributed by atoms with Crippen molar-refractivity contribution >= 4 is 23.1 Å². The van der Waals surface area contributed by atoms with Gasteiger partial charge in [0, 0.05) is 31.4 Å². The number of ether oxygens (including phenoxy) is 1. The first-order valence-corrected chi connectivity index (χ1v) is 9.11. The maximum Gasteiger partial charge on any atom is 0.419 e. The average molecular weight is 424 g/mol. The largest absolute Gasteiger partial charge is 0.495 e. The van der Waals surface area contributed by atoms with Crippen LogP contribution in [0.1, 0.15) is 18.4 Å². The van der Waals surface area contributed by atoms with E-state index in [2.05, 4.69) is 10.3 Å². The minimum Gasteiger partial charge on any atom is -0.495 e. The number of methoxy groups -OCH3 is 1. The summed E-state index contributed by atoms with van der Waals surface area (Å²) in [6.45, 7) is 0.382. The van der Waals surface area contributed by atoms with E-state index >= 15 is 0 Å². The van der Waals surface area contributed by atoms with Crippen molar-refractivity contribution in [2.24, 2.45) is 5.92 Å². The number of hydrogen-bond acceptors (Lipinski definition) is 6. The van der Waals surface area contributed by atoms with Gasteiger partial charge in [0.1, 0.15) is 11.6 Å². The maximum absolute atomic E-state index is 13.3. The molecule has 1 atom stereocenters. The van der Waals surface area contributed by atoms with Gasteiger partial charge in [-0.15, -0.1) is 0 Å². The molecule has 2 aromatic rings. The Morgan fingerprint density at radius 2 is 2.13 bits per heavy atom. The van der Waals surface area contributed by atoms with Crippen LogP contribution < -0.4 is 15.0 Å². The Morgan fingerprint density at radius 3 is 2.80 bits per heavy atom. The third kappa shape index (κ3) is 4.61. The molecule has 0 bridgehead atoms. The summed E-state index contributed by atoms with van der Waals surface area (Å²) in [6.07, 6.45) is -2.32. The summed E-state index contributed by atoms with van der Waals surface area (Å²) in [6, 6.07) is 5.97.